The number of benzene rings is 3. The zero-order chi connectivity index (χ0) is 21.3. The number of amides is 1. The third-order valence-electron chi connectivity index (χ3n) is 4.97. The highest BCUT2D eigenvalue weighted by Crippen LogP contribution is 2.38. The van der Waals surface area contributed by atoms with Gasteiger partial charge in [0.2, 0.25) is 0 Å². The lowest BCUT2D eigenvalue weighted by atomic mass is 10.1. The first-order valence-electron chi connectivity index (χ1n) is 9.40. The molecule has 3 nitrogen and oxygen atoms in total. The minimum absolute atomic E-state index is 0.110. The van der Waals surface area contributed by atoms with Gasteiger partial charge in [-0.1, -0.05) is 53.5 Å². The van der Waals surface area contributed by atoms with Crippen LogP contribution >= 0.6 is 23.2 Å². The highest BCUT2D eigenvalue weighted by molar-refractivity contribution is 6.32. The molecule has 0 fully saturated rings. The number of ether oxygens (including phenoxy) is 1. The fraction of sp³-hybridized carbons (Fsp3) is 0.0800. The number of carbonyl (C=O) groups is 1. The Bertz CT molecular complexity index is 1160. The van der Waals surface area contributed by atoms with E-state index >= 15 is 0 Å². The fourth-order valence-electron chi connectivity index (χ4n) is 3.39. The van der Waals surface area contributed by atoms with Crippen LogP contribution in [0.1, 0.15) is 16.7 Å². The fourth-order valence-corrected chi connectivity index (χ4v) is 3.68. The van der Waals surface area contributed by atoms with E-state index in [1.54, 1.807) is 12.0 Å². The summed E-state index contributed by atoms with van der Waals surface area (Å²) in [5.41, 5.74) is 4.89. The van der Waals surface area contributed by atoms with Crippen LogP contribution in [0.25, 0.3) is 11.8 Å². The van der Waals surface area contributed by atoms with Crippen molar-refractivity contribution in [3.63, 3.8) is 0 Å². The average molecular weight is 436 g/mol. The van der Waals surface area contributed by atoms with Gasteiger partial charge in [-0.05, 0) is 72.2 Å². The number of hydrogen-bond acceptors (Lipinski definition) is 2. The molecule has 5 heteroatoms. The Morgan fingerprint density at radius 2 is 1.57 bits per heavy atom. The van der Waals surface area contributed by atoms with Crippen LogP contribution in [-0.2, 0) is 4.79 Å². The van der Waals surface area contributed by atoms with E-state index in [2.05, 4.69) is 0 Å². The third-order valence-corrected chi connectivity index (χ3v) is 5.46. The monoisotopic (exact) mass is 435 g/mol. The van der Waals surface area contributed by atoms with Crippen molar-refractivity contribution in [1.82, 2.24) is 0 Å². The average Bonchev–Trinajstić information content (AvgIpc) is 3.07. The molecule has 0 atom stereocenters. The van der Waals surface area contributed by atoms with Crippen molar-refractivity contribution in [2.45, 2.75) is 6.92 Å². The highest BCUT2D eigenvalue weighted by atomic mass is 35.5. The number of anilines is 1. The number of nitrogens with zero attached hydrogens (tertiary/aromatic N) is 1. The summed E-state index contributed by atoms with van der Waals surface area (Å²) in [7, 11) is 1.63. The van der Waals surface area contributed by atoms with Gasteiger partial charge in [0, 0.05) is 15.6 Å². The number of rotatable bonds is 4. The van der Waals surface area contributed by atoms with Crippen molar-refractivity contribution < 1.29 is 9.53 Å². The largest absolute Gasteiger partial charge is 0.497 e. The lowest BCUT2D eigenvalue weighted by Gasteiger charge is -2.23. The minimum atomic E-state index is -0.110. The Labute approximate surface area is 185 Å². The molecule has 1 aliphatic heterocycles. The van der Waals surface area contributed by atoms with E-state index in [4.69, 9.17) is 27.9 Å². The summed E-state index contributed by atoms with van der Waals surface area (Å²) < 4.78 is 5.21. The second-order valence-corrected chi connectivity index (χ2v) is 7.85. The molecule has 0 aromatic heterocycles. The van der Waals surface area contributed by atoms with Crippen molar-refractivity contribution in [2.75, 3.05) is 12.0 Å². The van der Waals surface area contributed by atoms with Crippen molar-refractivity contribution in [1.29, 1.82) is 0 Å². The van der Waals surface area contributed by atoms with Gasteiger partial charge in [0.05, 0.1) is 18.5 Å². The van der Waals surface area contributed by atoms with Gasteiger partial charge in [-0.3, -0.25) is 9.69 Å². The minimum Gasteiger partial charge on any atom is -0.497 e. The lowest BCUT2D eigenvalue weighted by molar-refractivity contribution is -0.113. The van der Waals surface area contributed by atoms with Crippen LogP contribution in [0.4, 0.5) is 5.69 Å². The second kappa shape index (κ2) is 8.39. The van der Waals surface area contributed by atoms with Crippen LogP contribution in [0.2, 0.25) is 10.0 Å². The number of hydrogen-bond donors (Lipinski definition) is 0. The highest BCUT2D eigenvalue weighted by Gasteiger charge is 2.31. The van der Waals surface area contributed by atoms with Crippen LogP contribution in [0, 0.1) is 6.92 Å². The van der Waals surface area contributed by atoms with E-state index < -0.39 is 0 Å². The van der Waals surface area contributed by atoms with Gasteiger partial charge >= 0.3 is 0 Å². The standard InChI is InChI=1S/C25H19Cl2NO2/c1-16-3-8-21(27)15-23(16)28-24(18-6-9-20(26)10-7-18)14-19(25(28)29)13-17-4-11-22(30-2)12-5-17/h3-15H,1-2H3/b19-13-. The normalized spacial score (nSPS) is 14.9. The maximum absolute atomic E-state index is 13.5. The molecule has 0 radical (unpaired) electrons. The molecule has 0 aliphatic carbocycles. The van der Waals surface area contributed by atoms with Gasteiger partial charge in [-0.2, -0.15) is 0 Å². The Morgan fingerprint density at radius 1 is 0.900 bits per heavy atom. The number of halogens is 2. The summed E-state index contributed by atoms with van der Waals surface area (Å²) in [6, 6.07) is 20.6. The maximum Gasteiger partial charge on any atom is 0.262 e. The van der Waals surface area contributed by atoms with Crippen LogP contribution in [0.15, 0.2) is 78.4 Å². The van der Waals surface area contributed by atoms with E-state index in [9.17, 15) is 4.79 Å². The summed E-state index contributed by atoms with van der Waals surface area (Å²) in [5.74, 6) is 0.657. The molecule has 150 valence electrons. The van der Waals surface area contributed by atoms with Gasteiger partial charge in [0.1, 0.15) is 5.75 Å². The molecule has 1 aliphatic rings. The summed E-state index contributed by atoms with van der Waals surface area (Å²) in [6.45, 7) is 1.96. The van der Waals surface area contributed by atoms with E-state index in [0.29, 0.717) is 15.6 Å². The molecule has 1 heterocycles. The van der Waals surface area contributed by atoms with Crippen molar-refractivity contribution in [3.05, 3.63) is 105 Å². The van der Waals surface area contributed by atoms with Gasteiger partial charge in [-0.25, -0.2) is 0 Å². The van der Waals surface area contributed by atoms with Crippen molar-refractivity contribution in [2.24, 2.45) is 0 Å². The first-order chi connectivity index (χ1) is 14.5. The smallest absolute Gasteiger partial charge is 0.262 e. The van der Waals surface area contributed by atoms with Gasteiger partial charge in [-0.15, -0.1) is 0 Å². The Balaban J connectivity index is 1.83. The number of methoxy groups -OCH3 is 1. The zero-order valence-corrected chi connectivity index (χ0v) is 18.0. The third kappa shape index (κ3) is 4.00. The molecule has 0 saturated heterocycles. The number of aryl methyl sites for hydroxylation is 1. The maximum atomic E-state index is 13.5. The molecule has 0 N–H and O–H groups in total. The van der Waals surface area contributed by atoms with E-state index in [0.717, 1.165) is 33.8 Å². The quantitative estimate of drug-likeness (QED) is 0.422. The second-order valence-electron chi connectivity index (χ2n) is 6.98. The Morgan fingerprint density at radius 3 is 2.23 bits per heavy atom. The first kappa shape index (κ1) is 20.3. The molecule has 0 bridgehead atoms. The van der Waals surface area contributed by atoms with Gasteiger partial charge < -0.3 is 4.74 Å². The van der Waals surface area contributed by atoms with Crippen molar-refractivity contribution >= 4 is 46.6 Å². The molecule has 30 heavy (non-hydrogen) atoms. The van der Waals surface area contributed by atoms with Crippen LogP contribution in [0.3, 0.4) is 0 Å². The van der Waals surface area contributed by atoms with E-state index in [1.807, 2.05) is 85.8 Å². The molecule has 4 rings (SSSR count). The van der Waals surface area contributed by atoms with Gasteiger partial charge in [0.15, 0.2) is 0 Å². The molecular weight excluding hydrogens is 417 g/mol. The van der Waals surface area contributed by atoms with Crippen LogP contribution < -0.4 is 9.64 Å². The predicted octanol–water partition coefficient (Wildman–Crippen LogP) is 6.78. The number of carbonyl (C=O) groups excluding carboxylic acids is 1. The Hall–Kier alpha value is -3.01. The van der Waals surface area contributed by atoms with Crippen LogP contribution in [0.5, 0.6) is 5.75 Å². The topological polar surface area (TPSA) is 29.5 Å². The SMILES string of the molecule is COc1ccc(/C=C2/C=C(c3ccc(Cl)cc3)N(c3cc(Cl)ccc3C)C2=O)cc1. The zero-order valence-electron chi connectivity index (χ0n) is 16.5. The van der Waals surface area contributed by atoms with E-state index in [-0.39, 0.29) is 5.91 Å². The van der Waals surface area contributed by atoms with Crippen molar-refractivity contribution in [3.8, 4) is 5.75 Å². The molecule has 3 aromatic carbocycles. The van der Waals surface area contributed by atoms with E-state index in [1.165, 1.54) is 0 Å². The molecule has 0 saturated carbocycles. The lowest BCUT2D eigenvalue weighted by Crippen LogP contribution is -2.25. The summed E-state index contributed by atoms with van der Waals surface area (Å²) in [6.07, 6.45) is 3.77. The van der Waals surface area contributed by atoms with Gasteiger partial charge in [0.25, 0.3) is 5.91 Å². The summed E-state index contributed by atoms with van der Waals surface area (Å²) in [4.78, 5) is 15.2. The molecule has 0 spiro atoms. The molecule has 0 unspecified atom stereocenters. The molecule has 3 aromatic rings. The molecule has 1 amide bonds. The summed E-state index contributed by atoms with van der Waals surface area (Å²) in [5, 5.41) is 1.22. The molecular formula is C25H19Cl2NO2. The van der Waals surface area contributed by atoms with Crippen LogP contribution in [-0.4, -0.2) is 13.0 Å². The first-order valence-corrected chi connectivity index (χ1v) is 10.2. The Kier molecular flexibility index (Phi) is 5.67. The summed E-state index contributed by atoms with van der Waals surface area (Å²) >= 11 is 12.3. The predicted molar refractivity (Wildman–Crippen MR) is 124 cm³/mol.